The molecule has 0 N–H and O–H groups in total. The van der Waals surface area contributed by atoms with Crippen molar-refractivity contribution in [1.29, 1.82) is 0 Å². The first-order valence-corrected chi connectivity index (χ1v) is 7.82. The fourth-order valence-electron chi connectivity index (χ4n) is 2.55. The number of amides is 1. The van der Waals surface area contributed by atoms with Crippen LogP contribution in [0.1, 0.15) is 5.56 Å². The third kappa shape index (κ3) is 5.46. The van der Waals surface area contributed by atoms with Gasteiger partial charge in [-0.1, -0.05) is 6.07 Å². The molecule has 2 rings (SSSR count). The van der Waals surface area contributed by atoms with Crippen LogP contribution in [0.4, 0.5) is 0 Å². The number of pyridine rings is 1. The van der Waals surface area contributed by atoms with Crippen molar-refractivity contribution < 1.29 is 14.3 Å². The zero-order chi connectivity index (χ0) is 16.7. The smallest absolute Gasteiger partial charge is 0.250 e. The van der Waals surface area contributed by atoms with E-state index in [1.165, 1.54) is 0 Å². The summed E-state index contributed by atoms with van der Waals surface area (Å²) in [6.07, 6.45) is 1.83. The Bertz CT molecular complexity index is 567. The summed E-state index contributed by atoms with van der Waals surface area (Å²) in [6, 6.07) is 3.37. The number of likely N-dealkylation sites (N-methyl/N-ethyl adjacent to an activating group) is 1. The second-order valence-electron chi connectivity index (χ2n) is 5.73. The molecule has 1 aliphatic heterocycles. The number of carbonyl (C=O) groups is 1. The van der Waals surface area contributed by atoms with Crippen molar-refractivity contribution in [2.24, 2.45) is 0 Å². The van der Waals surface area contributed by atoms with E-state index >= 15 is 0 Å². The van der Waals surface area contributed by atoms with Gasteiger partial charge in [0.05, 0.1) is 26.4 Å². The van der Waals surface area contributed by atoms with Gasteiger partial charge in [-0.2, -0.15) is 0 Å². The van der Waals surface area contributed by atoms with Crippen molar-refractivity contribution in [2.75, 3.05) is 53.6 Å². The predicted molar refractivity (Wildman–Crippen MR) is 86.3 cm³/mol. The van der Waals surface area contributed by atoms with E-state index in [2.05, 4.69) is 0 Å². The number of hydrogen-bond acceptors (Lipinski definition) is 5. The molecule has 1 aromatic heterocycles. The quantitative estimate of drug-likeness (QED) is 0.694. The average molecular weight is 323 g/mol. The van der Waals surface area contributed by atoms with Crippen molar-refractivity contribution in [3.63, 3.8) is 0 Å². The van der Waals surface area contributed by atoms with Crippen molar-refractivity contribution in [3.05, 3.63) is 34.2 Å². The molecule has 1 saturated heterocycles. The molecule has 0 spiro atoms. The first kappa shape index (κ1) is 17.7. The number of morpholine rings is 1. The van der Waals surface area contributed by atoms with Crippen LogP contribution < -0.4 is 5.56 Å². The summed E-state index contributed by atoms with van der Waals surface area (Å²) in [5.74, 6) is 0.114. The third-order valence-electron chi connectivity index (χ3n) is 3.80. The lowest BCUT2D eigenvalue weighted by atomic mass is 10.2. The summed E-state index contributed by atoms with van der Waals surface area (Å²) >= 11 is 0. The van der Waals surface area contributed by atoms with Crippen LogP contribution in [0.5, 0.6) is 0 Å². The van der Waals surface area contributed by atoms with E-state index in [9.17, 15) is 9.59 Å². The highest BCUT2D eigenvalue weighted by molar-refractivity contribution is 5.78. The van der Waals surface area contributed by atoms with E-state index in [-0.39, 0.29) is 11.5 Å². The molecule has 0 bridgehead atoms. The van der Waals surface area contributed by atoms with Gasteiger partial charge in [-0.05, 0) is 12.6 Å². The molecule has 1 fully saturated rings. The molecule has 0 saturated carbocycles. The molecule has 0 atom stereocenters. The summed E-state index contributed by atoms with van der Waals surface area (Å²) in [7, 11) is 3.52. The summed E-state index contributed by atoms with van der Waals surface area (Å²) in [6.45, 7) is 4.54. The van der Waals surface area contributed by atoms with Crippen molar-refractivity contribution in [3.8, 4) is 0 Å². The maximum absolute atomic E-state index is 12.2. The first-order valence-electron chi connectivity index (χ1n) is 7.82. The Morgan fingerprint density at radius 3 is 2.78 bits per heavy atom. The van der Waals surface area contributed by atoms with Crippen LogP contribution in [0.3, 0.4) is 0 Å². The molecular weight excluding hydrogens is 298 g/mol. The molecule has 1 aliphatic rings. The van der Waals surface area contributed by atoms with Crippen molar-refractivity contribution >= 4 is 5.91 Å². The summed E-state index contributed by atoms with van der Waals surface area (Å²) in [5, 5.41) is 0. The van der Waals surface area contributed by atoms with E-state index in [0.717, 1.165) is 5.56 Å². The zero-order valence-corrected chi connectivity index (χ0v) is 13.9. The predicted octanol–water partition coefficient (Wildman–Crippen LogP) is -0.215. The van der Waals surface area contributed by atoms with Gasteiger partial charge in [0.1, 0.15) is 0 Å². The maximum atomic E-state index is 12.2. The summed E-state index contributed by atoms with van der Waals surface area (Å²) < 4.78 is 11.9. The minimum atomic E-state index is -0.0437. The number of methoxy groups -OCH3 is 1. The molecule has 23 heavy (non-hydrogen) atoms. The minimum absolute atomic E-state index is 0.0437. The van der Waals surface area contributed by atoms with Crippen LogP contribution in [0.15, 0.2) is 23.1 Å². The fraction of sp³-hybridized carbons (Fsp3) is 0.625. The Morgan fingerprint density at radius 1 is 1.35 bits per heavy atom. The van der Waals surface area contributed by atoms with E-state index < -0.39 is 0 Å². The molecule has 7 heteroatoms. The van der Waals surface area contributed by atoms with Gasteiger partial charge < -0.3 is 18.9 Å². The van der Waals surface area contributed by atoms with E-state index in [1.54, 1.807) is 23.8 Å². The van der Waals surface area contributed by atoms with E-state index in [4.69, 9.17) is 9.47 Å². The largest absolute Gasteiger partial charge is 0.383 e. The zero-order valence-electron chi connectivity index (χ0n) is 13.9. The number of rotatable bonds is 7. The Morgan fingerprint density at radius 2 is 2.09 bits per heavy atom. The Labute approximate surface area is 136 Å². The number of carbonyl (C=O) groups excluding carboxylic acids is 1. The molecule has 0 radical (unpaired) electrons. The third-order valence-corrected chi connectivity index (χ3v) is 3.80. The normalized spacial score (nSPS) is 15.2. The molecule has 1 aromatic rings. The Balaban J connectivity index is 1.90. The van der Waals surface area contributed by atoms with Gasteiger partial charge >= 0.3 is 0 Å². The Kier molecular flexibility index (Phi) is 6.76. The second-order valence-corrected chi connectivity index (χ2v) is 5.73. The van der Waals surface area contributed by atoms with E-state index in [0.29, 0.717) is 52.5 Å². The SMILES string of the molecule is COCCn1cc(CN(C)CC(=O)N2CCOCC2)ccc1=O. The molecule has 0 aromatic carbocycles. The summed E-state index contributed by atoms with van der Waals surface area (Å²) in [4.78, 5) is 27.8. The summed E-state index contributed by atoms with van der Waals surface area (Å²) in [5.41, 5.74) is 0.954. The van der Waals surface area contributed by atoms with Crippen LogP contribution in [0.25, 0.3) is 0 Å². The first-order chi connectivity index (χ1) is 11.1. The van der Waals surface area contributed by atoms with Gasteiger partial charge in [-0.15, -0.1) is 0 Å². The van der Waals surface area contributed by atoms with E-state index in [1.807, 2.05) is 23.0 Å². The van der Waals surface area contributed by atoms with Crippen LogP contribution >= 0.6 is 0 Å². The fourth-order valence-corrected chi connectivity index (χ4v) is 2.55. The number of ether oxygens (including phenoxy) is 2. The number of aromatic nitrogens is 1. The minimum Gasteiger partial charge on any atom is -0.383 e. The van der Waals surface area contributed by atoms with Gasteiger partial charge in [0.2, 0.25) is 5.91 Å². The van der Waals surface area contributed by atoms with Gasteiger partial charge in [-0.25, -0.2) is 0 Å². The van der Waals surface area contributed by atoms with Crippen LogP contribution in [-0.4, -0.2) is 73.9 Å². The molecule has 1 amide bonds. The average Bonchev–Trinajstić information content (AvgIpc) is 2.56. The molecule has 7 nitrogen and oxygen atoms in total. The van der Waals surface area contributed by atoms with Gasteiger partial charge in [0.15, 0.2) is 0 Å². The number of hydrogen-bond donors (Lipinski definition) is 0. The monoisotopic (exact) mass is 323 g/mol. The molecule has 2 heterocycles. The highest BCUT2D eigenvalue weighted by atomic mass is 16.5. The molecular formula is C16H25N3O4. The molecule has 0 aliphatic carbocycles. The second kappa shape index (κ2) is 8.81. The van der Waals surface area contributed by atoms with Crippen molar-refractivity contribution in [1.82, 2.24) is 14.4 Å². The Hall–Kier alpha value is -1.70. The highest BCUT2D eigenvalue weighted by Gasteiger charge is 2.18. The topological polar surface area (TPSA) is 64.0 Å². The van der Waals surface area contributed by atoms with Gasteiger partial charge in [-0.3, -0.25) is 14.5 Å². The van der Waals surface area contributed by atoms with Crippen molar-refractivity contribution in [2.45, 2.75) is 13.1 Å². The van der Waals surface area contributed by atoms with Crippen LogP contribution in [0.2, 0.25) is 0 Å². The maximum Gasteiger partial charge on any atom is 0.250 e. The lowest BCUT2D eigenvalue weighted by Gasteiger charge is -2.28. The van der Waals surface area contributed by atoms with Gasteiger partial charge in [0.25, 0.3) is 5.56 Å². The lowest BCUT2D eigenvalue weighted by molar-refractivity contribution is -0.136. The lowest BCUT2D eigenvalue weighted by Crippen LogP contribution is -2.44. The molecule has 0 unspecified atom stereocenters. The highest BCUT2D eigenvalue weighted by Crippen LogP contribution is 2.03. The van der Waals surface area contributed by atoms with Gasteiger partial charge in [0, 0.05) is 45.6 Å². The van der Waals surface area contributed by atoms with Crippen LogP contribution in [-0.2, 0) is 27.4 Å². The molecule has 128 valence electrons. The van der Waals surface area contributed by atoms with Crippen LogP contribution in [0, 0.1) is 0 Å². The number of nitrogens with zero attached hydrogens (tertiary/aromatic N) is 3. The standard InChI is InChI=1S/C16H25N3O4/c1-17(13-16(21)18-6-9-23-10-7-18)11-14-3-4-15(20)19(12-14)5-8-22-2/h3-4,12H,5-11,13H2,1-2H3.